The smallest absolute Gasteiger partial charge is 0.256 e. The van der Waals surface area contributed by atoms with Crippen LogP contribution in [0.5, 0.6) is 0 Å². The van der Waals surface area contributed by atoms with Crippen LogP contribution >= 0.6 is 24.0 Å². The molecule has 86 valence electrons. The molecular weight excluding hydrogens is 240 g/mol. The molecule has 16 heavy (non-hydrogen) atoms. The van der Waals surface area contributed by atoms with Crippen molar-refractivity contribution in [2.45, 2.75) is 37.6 Å². The van der Waals surface area contributed by atoms with Crippen molar-refractivity contribution < 1.29 is 4.79 Å². The molecular formula is C11H14N2OS2. The minimum atomic E-state index is -0.248. The summed E-state index contributed by atoms with van der Waals surface area (Å²) in [6.45, 7) is 0. The van der Waals surface area contributed by atoms with Gasteiger partial charge in [-0.15, -0.1) is 24.0 Å². The van der Waals surface area contributed by atoms with Gasteiger partial charge in [0.1, 0.15) is 10.5 Å². The Morgan fingerprint density at radius 1 is 1.19 bits per heavy atom. The normalized spacial score (nSPS) is 23.8. The second kappa shape index (κ2) is 3.96. The van der Waals surface area contributed by atoms with E-state index in [1.165, 1.54) is 29.7 Å². The van der Waals surface area contributed by atoms with Crippen LogP contribution in [0.2, 0.25) is 0 Å². The van der Waals surface area contributed by atoms with Gasteiger partial charge in [0.15, 0.2) is 0 Å². The van der Waals surface area contributed by atoms with E-state index >= 15 is 0 Å². The maximum absolute atomic E-state index is 11.9. The molecule has 5 heteroatoms. The monoisotopic (exact) mass is 254 g/mol. The van der Waals surface area contributed by atoms with E-state index < -0.39 is 0 Å². The molecule has 3 nitrogen and oxygen atoms in total. The Hall–Kier alpha value is -0.680. The highest BCUT2D eigenvalue weighted by molar-refractivity contribution is 7.81. The fourth-order valence-electron chi connectivity index (χ4n) is 2.44. The third kappa shape index (κ3) is 1.62. The number of carbonyl (C=O) groups is 1. The zero-order valence-corrected chi connectivity index (χ0v) is 10.6. The van der Waals surface area contributed by atoms with Gasteiger partial charge in [-0.3, -0.25) is 4.79 Å². The topological polar surface area (TPSA) is 41.1 Å². The third-order valence-corrected chi connectivity index (χ3v) is 4.67. The zero-order valence-electron chi connectivity index (χ0n) is 8.88. The molecule has 0 spiro atoms. The first-order chi connectivity index (χ1) is 7.75. The molecule has 0 saturated carbocycles. The van der Waals surface area contributed by atoms with Crippen LogP contribution in [0.3, 0.4) is 0 Å². The number of amides is 1. The van der Waals surface area contributed by atoms with Crippen molar-refractivity contribution >= 4 is 34.9 Å². The number of carbonyl (C=O) groups excluding carboxylic acids is 1. The van der Waals surface area contributed by atoms with E-state index in [0.717, 1.165) is 23.4 Å². The van der Waals surface area contributed by atoms with Crippen molar-refractivity contribution in [2.24, 2.45) is 0 Å². The van der Waals surface area contributed by atoms with Gasteiger partial charge in [-0.2, -0.15) is 0 Å². The van der Waals surface area contributed by atoms with Crippen LogP contribution in [-0.2, 0) is 12.8 Å². The number of fused-ring (bicyclic) bond motifs is 3. The summed E-state index contributed by atoms with van der Waals surface area (Å²) in [6, 6.07) is 0. The van der Waals surface area contributed by atoms with Gasteiger partial charge >= 0.3 is 0 Å². The fourth-order valence-corrected chi connectivity index (χ4v) is 4.09. The van der Waals surface area contributed by atoms with Crippen molar-refractivity contribution in [3.8, 4) is 0 Å². The van der Waals surface area contributed by atoms with E-state index in [4.69, 9.17) is 0 Å². The van der Waals surface area contributed by atoms with E-state index in [1.807, 2.05) is 0 Å². The van der Waals surface area contributed by atoms with Crippen LogP contribution in [-0.4, -0.2) is 11.4 Å². The predicted molar refractivity (Wildman–Crippen MR) is 69.4 cm³/mol. The zero-order chi connectivity index (χ0) is 11.1. The first-order valence-electron chi connectivity index (χ1n) is 5.66. The lowest BCUT2D eigenvalue weighted by molar-refractivity contribution is 0.0948. The lowest BCUT2D eigenvalue weighted by Crippen LogP contribution is -2.41. The summed E-state index contributed by atoms with van der Waals surface area (Å²) < 4.78 is 0. The highest BCUT2D eigenvalue weighted by Gasteiger charge is 2.29. The molecule has 0 fully saturated rings. The Kier molecular flexibility index (Phi) is 2.59. The van der Waals surface area contributed by atoms with Crippen LogP contribution in [0.25, 0.3) is 0 Å². The standard InChI is InChI=1S/C11H14N2OS2/c14-9-8-6-4-2-1-3-5-7(6)16-10(8)13-11(15)12-9/h11,13,15H,1-5H2,(H,12,14). The first kappa shape index (κ1) is 10.5. The van der Waals surface area contributed by atoms with E-state index in [9.17, 15) is 4.79 Å². The SMILES string of the molecule is O=C1NC(S)Nc2sc3c(c21)CCCCC3. The van der Waals surface area contributed by atoms with Crippen molar-refractivity contribution in [2.75, 3.05) is 5.32 Å². The van der Waals surface area contributed by atoms with Crippen LogP contribution in [0.15, 0.2) is 0 Å². The fraction of sp³-hybridized carbons (Fsp3) is 0.545. The lowest BCUT2D eigenvalue weighted by atomic mass is 10.0. The highest BCUT2D eigenvalue weighted by atomic mass is 32.1. The molecule has 2 N–H and O–H groups in total. The summed E-state index contributed by atoms with van der Waals surface area (Å²) in [5.74, 6) is 0.0353. The van der Waals surface area contributed by atoms with Gasteiger partial charge in [-0.25, -0.2) is 0 Å². The molecule has 1 aromatic heterocycles. The minimum absolute atomic E-state index is 0.0353. The van der Waals surface area contributed by atoms with Gasteiger partial charge in [0.25, 0.3) is 5.91 Å². The maximum atomic E-state index is 11.9. The number of hydrogen-bond acceptors (Lipinski definition) is 4. The Morgan fingerprint density at radius 2 is 2.00 bits per heavy atom. The number of thiophene rings is 1. The van der Waals surface area contributed by atoms with Gasteiger partial charge in [-0.1, -0.05) is 6.42 Å². The average molecular weight is 254 g/mol. The third-order valence-electron chi connectivity index (χ3n) is 3.18. The van der Waals surface area contributed by atoms with Crippen LogP contribution in [0.4, 0.5) is 5.00 Å². The van der Waals surface area contributed by atoms with Crippen LogP contribution < -0.4 is 10.6 Å². The largest absolute Gasteiger partial charge is 0.348 e. The molecule has 2 aliphatic rings. The number of anilines is 1. The summed E-state index contributed by atoms with van der Waals surface area (Å²) in [6.07, 6.45) is 5.90. The number of thiol groups is 1. The summed E-state index contributed by atoms with van der Waals surface area (Å²) in [4.78, 5) is 13.3. The molecule has 1 atom stereocenters. The van der Waals surface area contributed by atoms with E-state index in [0.29, 0.717) is 0 Å². The van der Waals surface area contributed by atoms with Gasteiger partial charge in [0.2, 0.25) is 0 Å². The molecule has 1 aliphatic heterocycles. The molecule has 0 aromatic carbocycles. The summed E-state index contributed by atoms with van der Waals surface area (Å²) >= 11 is 5.99. The molecule has 3 rings (SSSR count). The van der Waals surface area contributed by atoms with Gasteiger partial charge in [-0.05, 0) is 31.2 Å². The Balaban J connectivity index is 2.08. The first-order valence-corrected chi connectivity index (χ1v) is 6.99. The Bertz CT molecular complexity index is 441. The Labute approximate surface area is 104 Å². The molecule has 1 aromatic rings. The lowest BCUT2D eigenvalue weighted by Gasteiger charge is -2.22. The maximum Gasteiger partial charge on any atom is 0.256 e. The molecule has 0 saturated heterocycles. The number of nitrogens with one attached hydrogen (secondary N) is 2. The molecule has 1 amide bonds. The average Bonchev–Trinajstić information content (AvgIpc) is 2.42. The van der Waals surface area contributed by atoms with Gasteiger partial charge < -0.3 is 10.6 Å². The molecule has 0 bridgehead atoms. The van der Waals surface area contributed by atoms with Crippen molar-refractivity contribution in [3.05, 3.63) is 16.0 Å². The summed E-state index contributed by atoms with van der Waals surface area (Å²) in [5.41, 5.74) is 1.91. The van der Waals surface area contributed by atoms with Gasteiger partial charge in [0, 0.05) is 4.88 Å². The Morgan fingerprint density at radius 3 is 2.88 bits per heavy atom. The van der Waals surface area contributed by atoms with E-state index in [-0.39, 0.29) is 11.4 Å². The predicted octanol–water partition coefficient (Wildman–Crippen LogP) is 2.39. The number of rotatable bonds is 0. The minimum Gasteiger partial charge on any atom is -0.348 e. The van der Waals surface area contributed by atoms with Gasteiger partial charge in [0.05, 0.1) is 5.56 Å². The molecule has 0 radical (unpaired) electrons. The van der Waals surface area contributed by atoms with E-state index in [2.05, 4.69) is 23.3 Å². The molecule has 2 heterocycles. The quantitative estimate of drug-likeness (QED) is 0.491. The van der Waals surface area contributed by atoms with Crippen LogP contribution in [0, 0.1) is 0 Å². The summed E-state index contributed by atoms with van der Waals surface area (Å²) in [7, 11) is 0. The second-order valence-electron chi connectivity index (χ2n) is 4.29. The number of hydrogen-bond donors (Lipinski definition) is 3. The second-order valence-corrected chi connectivity index (χ2v) is 5.91. The van der Waals surface area contributed by atoms with Crippen LogP contribution in [0.1, 0.15) is 40.1 Å². The molecule has 1 unspecified atom stereocenters. The van der Waals surface area contributed by atoms with E-state index in [1.54, 1.807) is 11.3 Å². The summed E-state index contributed by atoms with van der Waals surface area (Å²) in [5, 5.41) is 7.04. The van der Waals surface area contributed by atoms with Crippen molar-refractivity contribution in [3.63, 3.8) is 0 Å². The number of aryl methyl sites for hydroxylation is 1. The van der Waals surface area contributed by atoms with Crippen molar-refractivity contribution in [1.29, 1.82) is 0 Å². The van der Waals surface area contributed by atoms with Crippen molar-refractivity contribution in [1.82, 2.24) is 5.32 Å². The highest BCUT2D eigenvalue weighted by Crippen LogP contribution is 2.39. The molecule has 1 aliphatic carbocycles.